The van der Waals surface area contributed by atoms with E-state index in [1.165, 1.54) is 24.3 Å². The highest BCUT2D eigenvalue weighted by Gasteiger charge is 2.30. The first-order chi connectivity index (χ1) is 12.2. The van der Waals surface area contributed by atoms with Crippen LogP contribution in [-0.2, 0) is 20.2 Å². The van der Waals surface area contributed by atoms with E-state index in [4.69, 9.17) is 0 Å². The Morgan fingerprint density at radius 3 is 1.88 bits per heavy atom. The van der Waals surface area contributed by atoms with Crippen molar-refractivity contribution in [1.82, 2.24) is 0 Å². The molecule has 3 rings (SSSR count). The molecule has 0 heterocycles. The molecule has 0 bridgehead atoms. The van der Waals surface area contributed by atoms with Gasteiger partial charge in [0.05, 0.1) is 5.69 Å². The minimum absolute atomic E-state index is 0.0683. The Kier molecular flexibility index (Phi) is 4.59. The van der Waals surface area contributed by atoms with Gasteiger partial charge in [-0.25, -0.2) is 0 Å². The fraction of sp³-hybridized carbons (Fsp3) is 0. The lowest BCUT2D eigenvalue weighted by atomic mass is 10.1. The summed E-state index contributed by atoms with van der Waals surface area (Å²) in [4.78, 5) is -1.97. The molecule has 0 atom stereocenters. The number of benzene rings is 3. The summed E-state index contributed by atoms with van der Waals surface area (Å²) in [6.45, 7) is 0. The second-order valence-corrected chi connectivity index (χ2v) is 7.98. The Morgan fingerprint density at radius 1 is 0.692 bits per heavy atom. The number of hydrogen-bond acceptors (Lipinski definition) is 6. The zero-order valence-electron chi connectivity index (χ0n) is 13.0. The third-order valence-corrected chi connectivity index (χ3v) is 5.48. The molecule has 0 saturated heterocycles. The minimum Gasteiger partial charge on any atom is -0.282 e. The van der Waals surface area contributed by atoms with Gasteiger partial charge in [0.1, 0.15) is 15.5 Å². The van der Waals surface area contributed by atoms with Crippen LogP contribution >= 0.6 is 0 Å². The van der Waals surface area contributed by atoms with Gasteiger partial charge in [-0.3, -0.25) is 9.11 Å². The molecule has 3 aromatic carbocycles. The van der Waals surface area contributed by atoms with Crippen molar-refractivity contribution in [1.29, 1.82) is 0 Å². The number of hydrogen-bond donors (Lipinski definition) is 2. The molecular formula is C16H12N2O6S2. The first-order valence-electron chi connectivity index (χ1n) is 7.15. The quantitative estimate of drug-likeness (QED) is 0.513. The molecule has 10 heteroatoms. The third kappa shape index (κ3) is 3.63. The average Bonchev–Trinajstić information content (AvgIpc) is 2.57. The maximum atomic E-state index is 11.9. The van der Waals surface area contributed by atoms with Gasteiger partial charge in [0.25, 0.3) is 20.2 Å². The van der Waals surface area contributed by atoms with Crippen LogP contribution in [0.3, 0.4) is 0 Å². The number of azo groups is 1. The molecule has 0 aliphatic heterocycles. The van der Waals surface area contributed by atoms with Crippen molar-refractivity contribution in [3.63, 3.8) is 0 Å². The van der Waals surface area contributed by atoms with Crippen molar-refractivity contribution in [3.05, 3.63) is 60.7 Å². The van der Waals surface area contributed by atoms with E-state index in [0.29, 0.717) is 11.1 Å². The van der Waals surface area contributed by atoms with Crippen LogP contribution in [0, 0.1) is 0 Å². The fourth-order valence-corrected chi connectivity index (χ4v) is 4.61. The van der Waals surface area contributed by atoms with Crippen LogP contribution in [0.2, 0.25) is 0 Å². The zero-order chi connectivity index (χ0) is 18.9. The van der Waals surface area contributed by atoms with Gasteiger partial charge >= 0.3 is 0 Å². The first kappa shape index (κ1) is 18.1. The zero-order valence-corrected chi connectivity index (χ0v) is 14.6. The topological polar surface area (TPSA) is 133 Å². The summed E-state index contributed by atoms with van der Waals surface area (Å²) in [5.74, 6) is 0. The summed E-state index contributed by atoms with van der Waals surface area (Å²) in [6.07, 6.45) is 0. The molecule has 0 unspecified atom stereocenters. The van der Waals surface area contributed by atoms with Crippen molar-refractivity contribution >= 4 is 42.4 Å². The Labute approximate surface area is 149 Å². The van der Waals surface area contributed by atoms with E-state index in [1.54, 1.807) is 36.4 Å². The maximum absolute atomic E-state index is 11.9. The van der Waals surface area contributed by atoms with Gasteiger partial charge in [0, 0.05) is 5.39 Å². The van der Waals surface area contributed by atoms with Crippen LogP contribution in [0.25, 0.3) is 10.8 Å². The number of nitrogens with zero attached hydrogens (tertiary/aromatic N) is 2. The second kappa shape index (κ2) is 6.57. The normalized spacial score (nSPS) is 12.7. The molecule has 0 aliphatic carbocycles. The molecule has 0 amide bonds. The number of fused-ring (bicyclic) bond motifs is 1. The molecule has 3 aromatic rings. The average molecular weight is 392 g/mol. The van der Waals surface area contributed by atoms with Crippen molar-refractivity contribution in [3.8, 4) is 0 Å². The first-order valence-corrected chi connectivity index (χ1v) is 10.0. The van der Waals surface area contributed by atoms with Gasteiger partial charge in [-0.05, 0) is 23.6 Å². The molecule has 0 radical (unpaired) electrons. The largest absolute Gasteiger partial charge is 0.298 e. The van der Waals surface area contributed by atoms with Gasteiger partial charge in [0.15, 0.2) is 0 Å². The third-order valence-electron chi connectivity index (χ3n) is 3.48. The summed E-state index contributed by atoms with van der Waals surface area (Å²) >= 11 is 0. The lowest BCUT2D eigenvalue weighted by molar-refractivity contribution is 0.468. The van der Waals surface area contributed by atoms with Gasteiger partial charge < -0.3 is 0 Å². The van der Waals surface area contributed by atoms with E-state index < -0.39 is 35.7 Å². The van der Waals surface area contributed by atoms with Gasteiger partial charge in [-0.1, -0.05) is 42.5 Å². The highest BCUT2D eigenvalue weighted by Crippen LogP contribution is 2.38. The van der Waals surface area contributed by atoms with Crippen LogP contribution in [0.15, 0.2) is 80.7 Å². The van der Waals surface area contributed by atoms with Gasteiger partial charge in [-0.15, -0.1) is 5.11 Å². The molecule has 0 saturated carbocycles. The second-order valence-electron chi connectivity index (χ2n) is 5.26. The summed E-state index contributed by atoms with van der Waals surface area (Å²) in [6, 6.07) is 15.5. The SMILES string of the molecule is O=S(=O)(O)c1c(N=Nc2ccccc2)cc2ccccc2c1S(=O)(=O)O. The Hall–Kier alpha value is -2.66. The van der Waals surface area contributed by atoms with Crippen molar-refractivity contribution in [2.24, 2.45) is 10.2 Å². The van der Waals surface area contributed by atoms with E-state index in [0.717, 1.165) is 0 Å². The minimum atomic E-state index is -5.04. The summed E-state index contributed by atoms with van der Waals surface area (Å²) in [5, 5.41) is 7.86. The molecule has 26 heavy (non-hydrogen) atoms. The molecule has 0 fully saturated rings. The van der Waals surface area contributed by atoms with Crippen molar-refractivity contribution in [2.45, 2.75) is 9.79 Å². The lowest BCUT2D eigenvalue weighted by Gasteiger charge is -2.11. The predicted octanol–water partition coefficient (Wildman–Crippen LogP) is 3.75. The lowest BCUT2D eigenvalue weighted by Crippen LogP contribution is -2.09. The van der Waals surface area contributed by atoms with E-state index in [-0.39, 0.29) is 5.39 Å². The van der Waals surface area contributed by atoms with E-state index in [9.17, 15) is 25.9 Å². The Bertz CT molecular complexity index is 1220. The Balaban J connectivity index is 2.41. The molecular weight excluding hydrogens is 380 g/mol. The Morgan fingerprint density at radius 2 is 1.27 bits per heavy atom. The van der Waals surface area contributed by atoms with Gasteiger partial charge in [-0.2, -0.15) is 21.9 Å². The molecule has 0 spiro atoms. The predicted molar refractivity (Wildman–Crippen MR) is 94.2 cm³/mol. The molecule has 0 aromatic heterocycles. The maximum Gasteiger partial charge on any atom is 0.298 e. The highest BCUT2D eigenvalue weighted by molar-refractivity contribution is 7.89. The van der Waals surface area contributed by atoms with Crippen molar-refractivity contribution in [2.75, 3.05) is 0 Å². The van der Waals surface area contributed by atoms with Crippen molar-refractivity contribution < 1.29 is 25.9 Å². The van der Waals surface area contributed by atoms with Crippen LogP contribution in [0.4, 0.5) is 11.4 Å². The van der Waals surface area contributed by atoms with Crippen LogP contribution in [-0.4, -0.2) is 25.9 Å². The van der Waals surface area contributed by atoms with Crippen LogP contribution < -0.4 is 0 Å². The van der Waals surface area contributed by atoms with Crippen LogP contribution in [0.1, 0.15) is 0 Å². The summed E-state index contributed by atoms with van der Waals surface area (Å²) in [7, 11) is -10.0. The highest BCUT2D eigenvalue weighted by atomic mass is 32.2. The summed E-state index contributed by atoms with van der Waals surface area (Å²) < 4.78 is 66.5. The molecule has 8 nitrogen and oxygen atoms in total. The standard InChI is InChI=1S/C16H12N2O6S2/c19-25(20,21)15-13-9-5-4-6-11(13)10-14(16(15)26(22,23)24)18-17-12-7-2-1-3-8-12/h1-10H,(H,19,20,21)(H,22,23,24). The monoisotopic (exact) mass is 392 g/mol. The smallest absolute Gasteiger partial charge is 0.282 e. The van der Waals surface area contributed by atoms with E-state index >= 15 is 0 Å². The molecule has 134 valence electrons. The van der Waals surface area contributed by atoms with E-state index in [2.05, 4.69) is 10.2 Å². The fourth-order valence-electron chi connectivity index (χ4n) is 2.47. The van der Waals surface area contributed by atoms with Crippen LogP contribution in [0.5, 0.6) is 0 Å². The summed E-state index contributed by atoms with van der Waals surface area (Å²) in [5.41, 5.74) is -0.0296. The molecule has 0 aliphatic rings. The van der Waals surface area contributed by atoms with Gasteiger partial charge in [0.2, 0.25) is 0 Å². The van der Waals surface area contributed by atoms with E-state index in [1.807, 2.05) is 0 Å². The number of rotatable bonds is 4. The molecule has 2 N–H and O–H groups in total.